The molecule has 0 aliphatic carbocycles. The SMILES string of the molecule is CC(C)n1nccc1NC(=O)CN1CCCC(C(=O)Nc2ccccc2)C1. The molecule has 2 N–H and O–H groups in total. The van der Waals surface area contributed by atoms with E-state index in [0.717, 1.165) is 25.1 Å². The normalized spacial score (nSPS) is 17.7. The van der Waals surface area contributed by atoms with Crippen LogP contribution in [0.3, 0.4) is 0 Å². The van der Waals surface area contributed by atoms with Gasteiger partial charge in [-0.2, -0.15) is 5.10 Å². The van der Waals surface area contributed by atoms with Gasteiger partial charge in [-0.15, -0.1) is 0 Å². The molecular weight excluding hydrogens is 342 g/mol. The van der Waals surface area contributed by atoms with E-state index in [2.05, 4.69) is 15.7 Å². The summed E-state index contributed by atoms with van der Waals surface area (Å²) in [6.07, 6.45) is 3.43. The van der Waals surface area contributed by atoms with Crippen LogP contribution in [0, 0.1) is 5.92 Å². The quantitative estimate of drug-likeness (QED) is 0.821. The number of likely N-dealkylation sites (tertiary alicyclic amines) is 1. The number of amides is 2. The van der Waals surface area contributed by atoms with E-state index in [9.17, 15) is 9.59 Å². The average molecular weight is 369 g/mol. The van der Waals surface area contributed by atoms with Gasteiger partial charge in [-0.3, -0.25) is 14.5 Å². The van der Waals surface area contributed by atoms with Gasteiger partial charge in [0.2, 0.25) is 11.8 Å². The summed E-state index contributed by atoms with van der Waals surface area (Å²) in [5.41, 5.74) is 0.805. The highest BCUT2D eigenvalue weighted by atomic mass is 16.2. The summed E-state index contributed by atoms with van der Waals surface area (Å²) in [6.45, 7) is 5.73. The van der Waals surface area contributed by atoms with Gasteiger partial charge in [0.25, 0.3) is 0 Å². The third kappa shape index (κ3) is 5.17. The fraction of sp³-hybridized carbons (Fsp3) is 0.450. The summed E-state index contributed by atoms with van der Waals surface area (Å²) in [6, 6.07) is 11.4. The zero-order valence-electron chi connectivity index (χ0n) is 15.9. The van der Waals surface area contributed by atoms with Gasteiger partial charge >= 0.3 is 0 Å². The number of anilines is 2. The molecule has 0 saturated carbocycles. The second-order valence-electron chi connectivity index (χ2n) is 7.23. The molecule has 7 nitrogen and oxygen atoms in total. The zero-order chi connectivity index (χ0) is 19.2. The molecule has 0 bridgehead atoms. The lowest BCUT2D eigenvalue weighted by molar-refractivity contribution is -0.123. The van der Waals surface area contributed by atoms with Crippen molar-refractivity contribution in [2.75, 3.05) is 30.3 Å². The molecule has 1 atom stereocenters. The Balaban J connectivity index is 1.52. The van der Waals surface area contributed by atoms with Crippen LogP contribution in [-0.2, 0) is 9.59 Å². The first-order valence-corrected chi connectivity index (χ1v) is 9.44. The van der Waals surface area contributed by atoms with Gasteiger partial charge in [0.1, 0.15) is 5.82 Å². The van der Waals surface area contributed by atoms with Crippen molar-refractivity contribution in [3.8, 4) is 0 Å². The van der Waals surface area contributed by atoms with E-state index < -0.39 is 0 Å². The standard InChI is InChI=1S/C20H27N5O2/c1-15(2)25-18(10-11-21-25)23-19(26)14-24-12-6-7-16(13-24)20(27)22-17-8-4-3-5-9-17/h3-5,8-11,15-16H,6-7,12-14H2,1-2H3,(H,22,27)(H,23,26). The lowest BCUT2D eigenvalue weighted by Gasteiger charge is -2.31. The van der Waals surface area contributed by atoms with Gasteiger partial charge in [-0.1, -0.05) is 18.2 Å². The summed E-state index contributed by atoms with van der Waals surface area (Å²) in [5, 5.41) is 10.1. The Morgan fingerprint density at radius 2 is 1.96 bits per heavy atom. The number of rotatable bonds is 6. The highest BCUT2D eigenvalue weighted by Gasteiger charge is 2.27. The number of nitrogens with zero attached hydrogens (tertiary/aromatic N) is 3. The number of hydrogen-bond acceptors (Lipinski definition) is 4. The number of carbonyl (C=O) groups is 2. The van der Waals surface area contributed by atoms with Crippen molar-refractivity contribution in [1.29, 1.82) is 0 Å². The molecule has 2 heterocycles. The first-order valence-electron chi connectivity index (χ1n) is 9.44. The molecule has 7 heteroatoms. The molecule has 27 heavy (non-hydrogen) atoms. The van der Waals surface area contributed by atoms with E-state index in [1.54, 1.807) is 16.9 Å². The van der Waals surface area contributed by atoms with Crippen LogP contribution < -0.4 is 10.6 Å². The molecule has 3 rings (SSSR count). The molecule has 1 saturated heterocycles. The number of aromatic nitrogens is 2. The maximum Gasteiger partial charge on any atom is 0.239 e. The van der Waals surface area contributed by atoms with E-state index >= 15 is 0 Å². The highest BCUT2D eigenvalue weighted by Crippen LogP contribution is 2.19. The van der Waals surface area contributed by atoms with E-state index in [-0.39, 0.29) is 30.3 Å². The Bertz CT molecular complexity index is 772. The summed E-state index contributed by atoms with van der Waals surface area (Å²) >= 11 is 0. The number of hydrogen-bond donors (Lipinski definition) is 2. The van der Waals surface area contributed by atoms with E-state index in [4.69, 9.17) is 0 Å². The molecular formula is C20H27N5O2. The van der Waals surface area contributed by atoms with Crippen LogP contribution in [0.1, 0.15) is 32.7 Å². The predicted molar refractivity (Wildman–Crippen MR) is 105 cm³/mol. The maximum atomic E-state index is 12.5. The Labute approximate surface area is 159 Å². The third-order valence-corrected chi connectivity index (χ3v) is 4.71. The number of piperidine rings is 1. The Hall–Kier alpha value is -2.67. The summed E-state index contributed by atoms with van der Waals surface area (Å²) in [4.78, 5) is 27.0. The molecule has 1 aliphatic heterocycles. The maximum absolute atomic E-state index is 12.5. The second-order valence-corrected chi connectivity index (χ2v) is 7.23. The Morgan fingerprint density at radius 3 is 2.70 bits per heavy atom. The van der Waals surface area contributed by atoms with E-state index in [0.29, 0.717) is 12.4 Å². The number of carbonyl (C=O) groups excluding carboxylic acids is 2. The van der Waals surface area contributed by atoms with Gasteiger partial charge in [-0.25, -0.2) is 4.68 Å². The topological polar surface area (TPSA) is 79.3 Å². The molecule has 0 spiro atoms. The monoisotopic (exact) mass is 369 g/mol. The van der Waals surface area contributed by atoms with Gasteiger partial charge in [0, 0.05) is 24.3 Å². The van der Waals surface area contributed by atoms with E-state index in [1.807, 2.05) is 49.1 Å². The fourth-order valence-electron chi connectivity index (χ4n) is 3.39. The van der Waals surface area contributed by atoms with Crippen molar-refractivity contribution in [1.82, 2.24) is 14.7 Å². The third-order valence-electron chi connectivity index (χ3n) is 4.71. The van der Waals surface area contributed by atoms with Gasteiger partial charge in [0.05, 0.1) is 18.7 Å². The minimum Gasteiger partial charge on any atom is -0.326 e. The van der Waals surface area contributed by atoms with E-state index in [1.165, 1.54) is 0 Å². The lowest BCUT2D eigenvalue weighted by atomic mass is 9.97. The van der Waals surface area contributed by atoms with Crippen LogP contribution in [0.15, 0.2) is 42.6 Å². The fourth-order valence-corrected chi connectivity index (χ4v) is 3.39. The van der Waals surface area contributed by atoms with Crippen molar-refractivity contribution < 1.29 is 9.59 Å². The molecule has 1 aliphatic rings. The molecule has 1 unspecified atom stereocenters. The Kier molecular flexibility index (Phi) is 6.24. The first kappa shape index (κ1) is 19.1. The van der Waals surface area contributed by atoms with Crippen LogP contribution in [-0.4, -0.2) is 46.1 Å². The van der Waals surface area contributed by atoms with Gasteiger partial charge < -0.3 is 10.6 Å². The predicted octanol–water partition coefficient (Wildman–Crippen LogP) is 2.75. The smallest absolute Gasteiger partial charge is 0.239 e. The number of para-hydroxylation sites is 1. The molecule has 2 aromatic rings. The summed E-state index contributed by atoms with van der Waals surface area (Å²) in [5.74, 6) is 0.532. The van der Waals surface area contributed by atoms with Crippen molar-refractivity contribution in [3.05, 3.63) is 42.6 Å². The van der Waals surface area contributed by atoms with Crippen LogP contribution >= 0.6 is 0 Å². The molecule has 2 amide bonds. The van der Waals surface area contributed by atoms with Crippen molar-refractivity contribution in [2.24, 2.45) is 5.92 Å². The Morgan fingerprint density at radius 1 is 1.19 bits per heavy atom. The van der Waals surface area contributed by atoms with Crippen LogP contribution in [0.2, 0.25) is 0 Å². The highest BCUT2D eigenvalue weighted by molar-refractivity contribution is 5.93. The van der Waals surface area contributed by atoms with Crippen molar-refractivity contribution in [3.63, 3.8) is 0 Å². The lowest BCUT2D eigenvalue weighted by Crippen LogP contribution is -2.44. The van der Waals surface area contributed by atoms with Crippen LogP contribution in [0.5, 0.6) is 0 Å². The first-order chi connectivity index (χ1) is 13.0. The molecule has 144 valence electrons. The summed E-state index contributed by atoms with van der Waals surface area (Å²) in [7, 11) is 0. The van der Waals surface area contributed by atoms with Crippen molar-refractivity contribution >= 4 is 23.3 Å². The van der Waals surface area contributed by atoms with Gasteiger partial charge in [0.15, 0.2) is 0 Å². The minimum absolute atomic E-state index is 0.0178. The van der Waals surface area contributed by atoms with Crippen molar-refractivity contribution in [2.45, 2.75) is 32.7 Å². The largest absolute Gasteiger partial charge is 0.326 e. The number of nitrogens with one attached hydrogen (secondary N) is 2. The molecule has 1 fully saturated rings. The second kappa shape index (κ2) is 8.81. The summed E-state index contributed by atoms with van der Waals surface area (Å²) < 4.78 is 1.78. The molecule has 1 aromatic heterocycles. The average Bonchev–Trinajstić information content (AvgIpc) is 3.11. The van der Waals surface area contributed by atoms with Crippen LogP contribution in [0.4, 0.5) is 11.5 Å². The molecule has 1 aromatic carbocycles. The minimum atomic E-state index is -0.104. The molecule has 0 radical (unpaired) electrons. The van der Waals surface area contributed by atoms with Gasteiger partial charge in [-0.05, 0) is 45.4 Å². The number of benzene rings is 1. The van der Waals surface area contributed by atoms with Crippen LogP contribution in [0.25, 0.3) is 0 Å². The zero-order valence-corrected chi connectivity index (χ0v) is 15.9.